The van der Waals surface area contributed by atoms with E-state index in [1.807, 2.05) is 11.8 Å². The summed E-state index contributed by atoms with van der Waals surface area (Å²) in [6.07, 6.45) is 9.21. The van der Waals surface area contributed by atoms with Gasteiger partial charge in [-0.1, -0.05) is 182 Å². The molecule has 2 heteroatoms. The first-order valence-electron chi connectivity index (χ1n) is 19.2. The van der Waals surface area contributed by atoms with Crippen LogP contribution < -0.4 is 4.90 Å². The molecule has 0 amide bonds. The van der Waals surface area contributed by atoms with Crippen molar-refractivity contribution in [2.75, 3.05) is 4.90 Å². The van der Waals surface area contributed by atoms with Crippen molar-refractivity contribution in [3.63, 3.8) is 0 Å². The Hall–Kier alpha value is -6.35. The first kappa shape index (κ1) is 32.1. The molecule has 0 spiro atoms. The predicted molar refractivity (Wildman–Crippen MR) is 232 cm³/mol. The van der Waals surface area contributed by atoms with E-state index in [2.05, 4.69) is 217 Å². The number of fused-ring (bicyclic) bond motifs is 7. The average Bonchev–Trinajstić information content (AvgIpc) is 3.79. The van der Waals surface area contributed by atoms with Gasteiger partial charge in [-0.15, -0.1) is 11.8 Å². The van der Waals surface area contributed by atoms with Gasteiger partial charge in [0.25, 0.3) is 0 Å². The largest absolute Gasteiger partial charge is 0.310 e. The number of benzene rings is 8. The molecule has 0 radical (unpaired) electrons. The van der Waals surface area contributed by atoms with Gasteiger partial charge in [0, 0.05) is 27.3 Å². The van der Waals surface area contributed by atoms with E-state index in [0.717, 1.165) is 5.69 Å². The Bertz CT molecular complexity index is 2760. The summed E-state index contributed by atoms with van der Waals surface area (Å²) in [4.78, 5) is 3.93. The lowest BCUT2D eigenvalue weighted by Crippen LogP contribution is -2.28. The lowest BCUT2D eigenvalue weighted by Gasteiger charge is -2.35. The van der Waals surface area contributed by atoms with Gasteiger partial charge in [0.15, 0.2) is 0 Å². The van der Waals surface area contributed by atoms with E-state index in [4.69, 9.17) is 0 Å². The maximum absolute atomic E-state index is 2.58. The van der Waals surface area contributed by atoms with Crippen molar-refractivity contribution in [2.24, 2.45) is 0 Å². The third-order valence-corrected chi connectivity index (χ3v) is 13.2. The summed E-state index contributed by atoms with van der Waals surface area (Å²) in [6.45, 7) is 0. The van der Waals surface area contributed by atoms with Crippen LogP contribution in [0.15, 0.2) is 217 Å². The zero-order valence-corrected chi connectivity index (χ0v) is 31.0. The zero-order chi connectivity index (χ0) is 36.3. The summed E-state index contributed by atoms with van der Waals surface area (Å²) in [6, 6.07) is 69.9. The highest BCUT2D eigenvalue weighted by molar-refractivity contribution is 8.00. The molecular formula is C53H37NS. The molecular weight excluding hydrogens is 683 g/mol. The number of thioether (sulfide) groups is 1. The van der Waals surface area contributed by atoms with Crippen molar-refractivity contribution in [1.29, 1.82) is 0 Å². The van der Waals surface area contributed by atoms with Crippen molar-refractivity contribution in [3.05, 3.63) is 240 Å². The highest BCUT2D eigenvalue weighted by Gasteiger charge is 2.46. The zero-order valence-electron chi connectivity index (χ0n) is 30.2. The monoisotopic (exact) mass is 719 g/mol. The number of hydrogen-bond acceptors (Lipinski definition) is 2. The van der Waals surface area contributed by atoms with E-state index in [9.17, 15) is 0 Å². The summed E-state index contributed by atoms with van der Waals surface area (Å²) in [5.74, 6) is 0.288. The number of allylic oxidation sites excluding steroid dienone is 3. The van der Waals surface area contributed by atoms with Crippen molar-refractivity contribution in [1.82, 2.24) is 0 Å². The van der Waals surface area contributed by atoms with Crippen LogP contribution in [-0.2, 0) is 5.41 Å². The van der Waals surface area contributed by atoms with E-state index in [1.165, 1.54) is 77.1 Å². The van der Waals surface area contributed by atoms with Crippen LogP contribution in [0.25, 0.3) is 33.0 Å². The van der Waals surface area contributed by atoms with Crippen LogP contribution >= 0.6 is 11.8 Å². The molecule has 3 aliphatic rings. The molecule has 11 rings (SSSR count). The SMILES string of the molecule is C1=CC2Sc3cccc(N(c4ccc5c(c4)C(c4ccccc4)(c4ccccc4)c4ccccc4-5)c4ccc5ccccc5c4-c4ccccc4)c3C2C=C1. The third kappa shape index (κ3) is 4.88. The molecule has 0 fully saturated rings. The molecule has 8 aromatic carbocycles. The highest BCUT2D eigenvalue weighted by atomic mass is 32.2. The third-order valence-electron chi connectivity index (χ3n) is 11.9. The van der Waals surface area contributed by atoms with Gasteiger partial charge in [0.05, 0.1) is 16.8 Å². The lowest BCUT2D eigenvalue weighted by atomic mass is 9.67. The standard InChI is InChI=1S/C53H37NS/c1-4-18-37(19-5-1)51-41-24-11-10-17-36(41)31-34-48(51)54(47-28-16-30-50-52(47)44-26-13-15-29-49(44)55-50)40-32-33-43-42-25-12-14-27-45(42)53(46(43)35-40,38-20-6-2-7-21-38)39-22-8-3-9-23-39/h1-35,44,49H. The minimum atomic E-state index is -0.502. The van der Waals surface area contributed by atoms with Gasteiger partial charge in [0.1, 0.15) is 0 Å². The van der Waals surface area contributed by atoms with Gasteiger partial charge in [-0.05, 0) is 85.6 Å². The van der Waals surface area contributed by atoms with Crippen LogP contribution in [0.3, 0.4) is 0 Å². The summed E-state index contributed by atoms with van der Waals surface area (Å²) >= 11 is 1.99. The van der Waals surface area contributed by atoms with Crippen LogP contribution in [0.1, 0.15) is 33.7 Å². The first-order chi connectivity index (χ1) is 27.3. The maximum Gasteiger partial charge on any atom is 0.0714 e. The van der Waals surface area contributed by atoms with Crippen LogP contribution in [-0.4, -0.2) is 5.25 Å². The van der Waals surface area contributed by atoms with Crippen molar-refractivity contribution in [2.45, 2.75) is 21.5 Å². The minimum Gasteiger partial charge on any atom is -0.310 e. The molecule has 0 saturated carbocycles. The molecule has 2 unspecified atom stereocenters. The lowest BCUT2D eigenvalue weighted by molar-refractivity contribution is 0.768. The Morgan fingerprint density at radius 3 is 1.96 bits per heavy atom. The van der Waals surface area contributed by atoms with E-state index in [0.29, 0.717) is 5.25 Å². The Morgan fingerprint density at radius 1 is 0.491 bits per heavy atom. The molecule has 2 atom stereocenters. The van der Waals surface area contributed by atoms with Gasteiger partial charge in [-0.25, -0.2) is 0 Å². The summed E-state index contributed by atoms with van der Waals surface area (Å²) in [5, 5.41) is 2.86. The molecule has 0 saturated heterocycles. The van der Waals surface area contributed by atoms with E-state index in [1.54, 1.807) is 0 Å². The quantitative estimate of drug-likeness (QED) is 0.168. The molecule has 8 aromatic rings. The predicted octanol–water partition coefficient (Wildman–Crippen LogP) is 14.0. The average molecular weight is 720 g/mol. The maximum atomic E-state index is 2.58. The van der Waals surface area contributed by atoms with Gasteiger partial charge in [-0.2, -0.15) is 0 Å². The second-order valence-corrected chi connectivity index (χ2v) is 15.9. The fraction of sp³-hybridized carbons (Fsp3) is 0.0566. The molecule has 0 N–H and O–H groups in total. The van der Waals surface area contributed by atoms with Gasteiger partial charge < -0.3 is 4.90 Å². The van der Waals surface area contributed by atoms with E-state index < -0.39 is 5.41 Å². The van der Waals surface area contributed by atoms with Crippen molar-refractivity contribution < 1.29 is 0 Å². The molecule has 0 aromatic heterocycles. The Kier molecular flexibility index (Phi) is 7.53. The first-order valence-corrected chi connectivity index (χ1v) is 20.1. The Labute approximate surface area is 326 Å². The van der Waals surface area contributed by atoms with Crippen LogP contribution in [0.5, 0.6) is 0 Å². The van der Waals surface area contributed by atoms with Crippen LogP contribution in [0, 0.1) is 0 Å². The summed E-state index contributed by atoms with van der Waals surface area (Å²) in [7, 11) is 0. The molecule has 2 aliphatic carbocycles. The van der Waals surface area contributed by atoms with E-state index in [-0.39, 0.29) is 5.92 Å². The minimum absolute atomic E-state index is 0.288. The Morgan fingerprint density at radius 2 is 1.16 bits per heavy atom. The second kappa shape index (κ2) is 12.9. The molecule has 1 nitrogen and oxygen atoms in total. The van der Waals surface area contributed by atoms with Crippen molar-refractivity contribution >= 4 is 39.6 Å². The van der Waals surface area contributed by atoms with Crippen molar-refractivity contribution in [3.8, 4) is 22.3 Å². The smallest absolute Gasteiger partial charge is 0.0714 e. The molecule has 1 aliphatic heterocycles. The van der Waals surface area contributed by atoms with Crippen LogP contribution in [0.4, 0.5) is 17.1 Å². The number of nitrogens with zero attached hydrogens (tertiary/aromatic N) is 1. The number of rotatable bonds is 6. The van der Waals surface area contributed by atoms with Gasteiger partial charge >= 0.3 is 0 Å². The van der Waals surface area contributed by atoms with E-state index >= 15 is 0 Å². The fourth-order valence-electron chi connectivity index (χ4n) is 9.61. The molecule has 260 valence electrons. The van der Waals surface area contributed by atoms with Gasteiger partial charge in [0.2, 0.25) is 0 Å². The normalized spacial score (nSPS) is 17.0. The molecule has 1 heterocycles. The topological polar surface area (TPSA) is 3.24 Å². The number of hydrogen-bond donors (Lipinski definition) is 0. The Balaban J connectivity index is 1.24. The van der Waals surface area contributed by atoms with Crippen LogP contribution in [0.2, 0.25) is 0 Å². The highest BCUT2D eigenvalue weighted by Crippen LogP contribution is 2.59. The second-order valence-electron chi connectivity index (χ2n) is 14.7. The van der Waals surface area contributed by atoms with Gasteiger partial charge in [-0.3, -0.25) is 0 Å². The summed E-state index contributed by atoms with van der Waals surface area (Å²) < 4.78 is 0. The number of anilines is 3. The fourth-order valence-corrected chi connectivity index (χ4v) is 11.0. The summed E-state index contributed by atoms with van der Waals surface area (Å²) in [5.41, 5.74) is 14.6. The molecule has 0 bridgehead atoms. The molecule has 55 heavy (non-hydrogen) atoms.